The molecule has 2 aromatic rings. The minimum Gasteiger partial charge on any atom is -0.376 e. The first-order valence-electron chi connectivity index (χ1n) is 5.74. The first-order valence-corrected chi connectivity index (χ1v) is 5.74. The van der Waals surface area contributed by atoms with Crippen molar-refractivity contribution < 1.29 is 22.0 Å². The average Bonchev–Trinajstić information content (AvgIpc) is 2.38. The summed E-state index contributed by atoms with van der Waals surface area (Å²) in [6.07, 6.45) is 0. The highest BCUT2D eigenvalue weighted by Gasteiger charge is 2.15. The van der Waals surface area contributed by atoms with Crippen LogP contribution in [-0.2, 0) is 0 Å². The number of rotatable bonds is 3. The number of hydrogen-bond acceptors (Lipinski definition) is 1. The predicted molar refractivity (Wildman–Crippen MR) is 64.7 cm³/mol. The van der Waals surface area contributed by atoms with E-state index >= 15 is 0 Å². The van der Waals surface area contributed by atoms with E-state index in [1.165, 1.54) is 13.0 Å². The lowest BCUT2D eigenvalue weighted by Crippen LogP contribution is -2.09. The van der Waals surface area contributed by atoms with Gasteiger partial charge in [-0.3, -0.25) is 0 Å². The molecule has 0 saturated heterocycles. The van der Waals surface area contributed by atoms with E-state index in [1.54, 1.807) is 0 Å². The summed E-state index contributed by atoms with van der Waals surface area (Å²) in [6, 6.07) is 3.69. The van der Waals surface area contributed by atoms with Crippen molar-refractivity contribution in [3.63, 3.8) is 0 Å². The molecule has 20 heavy (non-hydrogen) atoms. The van der Waals surface area contributed by atoms with Gasteiger partial charge in [-0.25, -0.2) is 22.0 Å². The highest BCUT2D eigenvalue weighted by molar-refractivity contribution is 5.47. The summed E-state index contributed by atoms with van der Waals surface area (Å²) in [7, 11) is 0. The van der Waals surface area contributed by atoms with Crippen molar-refractivity contribution in [1.29, 1.82) is 0 Å². The van der Waals surface area contributed by atoms with E-state index in [9.17, 15) is 22.0 Å². The van der Waals surface area contributed by atoms with E-state index in [1.807, 2.05) is 0 Å². The van der Waals surface area contributed by atoms with Crippen LogP contribution in [0.3, 0.4) is 0 Å². The molecule has 0 radical (unpaired) electrons. The Morgan fingerprint density at radius 3 is 2.20 bits per heavy atom. The molecule has 2 aromatic carbocycles. The van der Waals surface area contributed by atoms with Crippen LogP contribution in [0.25, 0.3) is 0 Å². The molecule has 0 amide bonds. The van der Waals surface area contributed by atoms with E-state index in [4.69, 9.17) is 0 Å². The fraction of sp³-hybridized carbons (Fsp3) is 0.143. The van der Waals surface area contributed by atoms with Gasteiger partial charge in [0.1, 0.15) is 5.82 Å². The Hall–Kier alpha value is -2.11. The van der Waals surface area contributed by atoms with Gasteiger partial charge in [0.25, 0.3) is 0 Å². The number of anilines is 1. The SMILES string of the molecule is CC(Nc1cc(F)cc(F)c1F)c1ccc(F)c(F)c1. The fourth-order valence-corrected chi connectivity index (χ4v) is 1.76. The van der Waals surface area contributed by atoms with Crippen molar-refractivity contribution in [3.8, 4) is 0 Å². The fourth-order valence-electron chi connectivity index (χ4n) is 1.76. The summed E-state index contributed by atoms with van der Waals surface area (Å²) < 4.78 is 65.4. The minimum atomic E-state index is -1.33. The van der Waals surface area contributed by atoms with Crippen molar-refractivity contribution in [3.05, 3.63) is 65.0 Å². The van der Waals surface area contributed by atoms with Crippen LogP contribution in [0, 0.1) is 29.1 Å². The average molecular weight is 287 g/mol. The molecule has 0 aromatic heterocycles. The van der Waals surface area contributed by atoms with Crippen LogP contribution < -0.4 is 5.32 Å². The van der Waals surface area contributed by atoms with Gasteiger partial charge in [0.05, 0.1) is 5.69 Å². The van der Waals surface area contributed by atoms with E-state index in [0.717, 1.165) is 18.2 Å². The molecule has 1 atom stereocenters. The largest absolute Gasteiger partial charge is 0.376 e. The normalized spacial score (nSPS) is 12.3. The molecule has 2 rings (SSSR count). The van der Waals surface area contributed by atoms with E-state index in [-0.39, 0.29) is 5.69 Å². The molecule has 1 unspecified atom stereocenters. The maximum Gasteiger partial charge on any atom is 0.182 e. The van der Waals surface area contributed by atoms with Gasteiger partial charge in [0.2, 0.25) is 0 Å². The van der Waals surface area contributed by atoms with Crippen molar-refractivity contribution in [2.45, 2.75) is 13.0 Å². The van der Waals surface area contributed by atoms with Crippen LogP contribution in [0.2, 0.25) is 0 Å². The number of halogens is 5. The molecular weight excluding hydrogens is 277 g/mol. The lowest BCUT2D eigenvalue weighted by atomic mass is 10.1. The lowest BCUT2D eigenvalue weighted by Gasteiger charge is -2.16. The van der Waals surface area contributed by atoms with Crippen molar-refractivity contribution >= 4 is 5.69 Å². The lowest BCUT2D eigenvalue weighted by molar-refractivity contribution is 0.496. The van der Waals surface area contributed by atoms with E-state index in [2.05, 4.69) is 5.32 Å². The van der Waals surface area contributed by atoms with Gasteiger partial charge in [0, 0.05) is 18.2 Å². The van der Waals surface area contributed by atoms with Gasteiger partial charge in [-0.05, 0) is 24.6 Å². The molecule has 0 fully saturated rings. The molecule has 1 nitrogen and oxygen atoms in total. The highest BCUT2D eigenvalue weighted by Crippen LogP contribution is 2.25. The molecular formula is C14H10F5N. The molecule has 0 aliphatic heterocycles. The summed E-state index contributed by atoms with van der Waals surface area (Å²) in [6.45, 7) is 1.52. The minimum absolute atomic E-state index is 0.313. The second kappa shape index (κ2) is 5.48. The van der Waals surface area contributed by atoms with Crippen LogP contribution in [0.15, 0.2) is 30.3 Å². The molecule has 6 heteroatoms. The summed E-state index contributed by atoms with van der Waals surface area (Å²) in [5.41, 5.74) is -0.0762. The first kappa shape index (κ1) is 14.3. The maximum atomic E-state index is 13.5. The Bertz CT molecular complexity index is 642. The quantitative estimate of drug-likeness (QED) is 0.645. The Morgan fingerprint density at radius 2 is 1.55 bits per heavy atom. The second-order valence-corrected chi connectivity index (χ2v) is 4.29. The summed E-state index contributed by atoms with van der Waals surface area (Å²) in [4.78, 5) is 0. The topological polar surface area (TPSA) is 12.0 Å². The third-order valence-electron chi connectivity index (χ3n) is 2.81. The highest BCUT2D eigenvalue weighted by atomic mass is 19.2. The maximum absolute atomic E-state index is 13.5. The van der Waals surface area contributed by atoms with Gasteiger partial charge in [-0.15, -0.1) is 0 Å². The smallest absolute Gasteiger partial charge is 0.182 e. The zero-order valence-electron chi connectivity index (χ0n) is 10.4. The third kappa shape index (κ3) is 2.89. The Kier molecular flexibility index (Phi) is 3.92. The van der Waals surface area contributed by atoms with Crippen molar-refractivity contribution in [1.82, 2.24) is 0 Å². The molecule has 0 aliphatic carbocycles. The van der Waals surface area contributed by atoms with Crippen LogP contribution >= 0.6 is 0 Å². The molecule has 0 bridgehead atoms. The van der Waals surface area contributed by atoms with Gasteiger partial charge in [-0.2, -0.15) is 0 Å². The molecule has 0 aliphatic rings. The molecule has 0 heterocycles. The number of nitrogens with one attached hydrogen (secondary N) is 1. The standard InChI is InChI=1S/C14H10F5N/c1-7(8-2-3-10(16)11(17)4-8)20-13-6-9(15)5-12(18)14(13)19/h2-7,20H,1H3. The molecule has 1 N–H and O–H groups in total. The zero-order chi connectivity index (χ0) is 14.9. The number of benzene rings is 2. The first-order chi connectivity index (χ1) is 9.38. The number of hydrogen-bond donors (Lipinski definition) is 1. The summed E-state index contributed by atoms with van der Waals surface area (Å²) in [5.74, 6) is -5.57. The molecule has 0 spiro atoms. The van der Waals surface area contributed by atoms with Crippen molar-refractivity contribution in [2.75, 3.05) is 5.32 Å². The predicted octanol–water partition coefficient (Wildman–Crippen LogP) is 4.56. The Balaban J connectivity index is 2.27. The summed E-state index contributed by atoms with van der Waals surface area (Å²) >= 11 is 0. The van der Waals surface area contributed by atoms with Crippen LogP contribution in [0.1, 0.15) is 18.5 Å². The van der Waals surface area contributed by atoms with Gasteiger partial charge >= 0.3 is 0 Å². The monoisotopic (exact) mass is 287 g/mol. The zero-order valence-corrected chi connectivity index (χ0v) is 10.4. The summed E-state index contributed by atoms with van der Waals surface area (Å²) in [5, 5.41) is 2.51. The van der Waals surface area contributed by atoms with Crippen LogP contribution in [0.4, 0.5) is 27.6 Å². The van der Waals surface area contributed by atoms with Gasteiger partial charge in [-0.1, -0.05) is 6.07 Å². The second-order valence-electron chi connectivity index (χ2n) is 4.29. The van der Waals surface area contributed by atoms with E-state index < -0.39 is 35.1 Å². The van der Waals surface area contributed by atoms with E-state index in [0.29, 0.717) is 11.6 Å². The Morgan fingerprint density at radius 1 is 0.850 bits per heavy atom. The molecule has 0 saturated carbocycles. The Labute approximate surface area is 112 Å². The molecule has 106 valence electrons. The van der Waals surface area contributed by atoms with Crippen molar-refractivity contribution in [2.24, 2.45) is 0 Å². The van der Waals surface area contributed by atoms with Crippen LogP contribution in [0.5, 0.6) is 0 Å². The third-order valence-corrected chi connectivity index (χ3v) is 2.81. The van der Waals surface area contributed by atoms with Crippen LogP contribution in [-0.4, -0.2) is 0 Å². The van der Waals surface area contributed by atoms with Gasteiger partial charge < -0.3 is 5.32 Å². The van der Waals surface area contributed by atoms with Gasteiger partial charge in [0.15, 0.2) is 23.3 Å².